The number of sulfonamides is 1. The molecular weight excluding hydrogens is 790 g/mol. The molecule has 0 radical (unpaired) electrons. The summed E-state index contributed by atoms with van der Waals surface area (Å²) in [6, 6.07) is 9.66. The van der Waals surface area contributed by atoms with E-state index in [9.17, 15) is 36.3 Å². The van der Waals surface area contributed by atoms with E-state index in [1.807, 2.05) is 25.1 Å². The molecule has 14 nitrogen and oxygen atoms in total. The third-order valence-corrected chi connectivity index (χ3v) is 13.0. The lowest BCUT2D eigenvalue weighted by molar-refractivity contribution is -0.137. The van der Waals surface area contributed by atoms with Crippen molar-refractivity contribution in [3.63, 3.8) is 0 Å². The number of ether oxygens (including phenoxy) is 1. The van der Waals surface area contributed by atoms with E-state index in [-0.39, 0.29) is 60.3 Å². The minimum absolute atomic E-state index is 0.00806. The number of halogens is 3. The molecule has 1 saturated carbocycles. The third-order valence-electron chi connectivity index (χ3n) is 11.5. The number of aromatic nitrogens is 2. The number of alkyl halides is 3. The van der Waals surface area contributed by atoms with Gasteiger partial charge in [-0.3, -0.25) is 15.0 Å². The van der Waals surface area contributed by atoms with Crippen molar-refractivity contribution in [3.05, 3.63) is 64.8 Å². The van der Waals surface area contributed by atoms with Gasteiger partial charge in [-0.15, -0.1) is 0 Å². The Labute approximate surface area is 342 Å². The number of likely N-dealkylation sites (tertiary alicyclic amines) is 1. The van der Waals surface area contributed by atoms with E-state index in [1.54, 1.807) is 24.8 Å². The van der Waals surface area contributed by atoms with Crippen LogP contribution in [0.15, 0.2) is 47.5 Å². The summed E-state index contributed by atoms with van der Waals surface area (Å²) in [6.45, 7) is 7.73. The number of rotatable bonds is 10. The summed E-state index contributed by atoms with van der Waals surface area (Å²) in [5, 5.41) is 15.8. The van der Waals surface area contributed by atoms with Crippen molar-refractivity contribution in [3.8, 4) is 11.8 Å². The van der Waals surface area contributed by atoms with Gasteiger partial charge in [0.1, 0.15) is 18.0 Å². The first-order valence-electron chi connectivity index (χ1n) is 19.8. The van der Waals surface area contributed by atoms with Crippen LogP contribution in [0.4, 0.5) is 41.1 Å². The third kappa shape index (κ3) is 9.98. The van der Waals surface area contributed by atoms with Gasteiger partial charge in [-0.2, -0.15) is 18.2 Å². The molecule has 3 amide bonds. The summed E-state index contributed by atoms with van der Waals surface area (Å²) in [7, 11) is -3.85. The molecule has 59 heavy (non-hydrogen) atoms. The summed E-state index contributed by atoms with van der Waals surface area (Å²) in [5.41, 5.74) is 1.18. The number of aliphatic hydroxyl groups is 1. The van der Waals surface area contributed by atoms with Crippen LogP contribution in [0.25, 0.3) is 0 Å². The van der Waals surface area contributed by atoms with Crippen molar-refractivity contribution in [2.45, 2.75) is 101 Å². The van der Waals surface area contributed by atoms with Crippen molar-refractivity contribution >= 4 is 45.1 Å². The SMILES string of the molecule is Cc1cc(S(=O)(=O)NC2CC(N3CCC(OCC#Cc4cccc(N5CCC(=O)NC5=O)c4C)CC3)C2)ccc1Nc1ncc(C(F)(F)F)c(N2CCC[C@](C)(O)C2)n1. The van der Waals surface area contributed by atoms with Crippen molar-refractivity contribution in [1.29, 1.82) is 0 Å². The molecule has 316 valence electrons. The molecule has 0 unspecified atom stereocenters. The Balaban J connectivity index is 0.871. The van der Waals surface area contributed by atoms with Gasteiger partial charge in [0.15, 0.2) is 0 Å². The Bertz CT molecular complexity index is 2250. The largest absolute Gasteiger partial charge is 0.421 e. The van der Waals surface area contributed by atoms with Crippen LogP contribution in [0.1, 0.15) is 74.1 Å². The number of anilines is 4. The molecule has 4 fully saturated rings. The quantitative estimate of drug-likeness (QED) is 0.203. The molecule has 0 spiro atoms. The topological polar surface area (TPSA) is 169 Å². The van der Waals surface area contributed by atoms with Crippen LogP contribution in [0.3, 0.4) is 0 Å². The highest BCUT2D eigenvalue weighted by Crippen LogP contribution is 2.38. The van der Waals surface area contributed by atoms with Crippen LogP contribution in [0, 0.1) is 25.7 Å². The highest BCUT2D eigenvalue weighted by Gasteiger charge is 2.40. The molecule has 7 rings (SSSR count). The predicted molar refractivity (Wildman–Crippen MR) is 215 cm³/mol. The van der Waals surface area contributed by atoms with E-state index in [0.717, 1.165) is 48.9 Å². The van der Waals surface area contributed by atoms with E-state index in [2.05, 4.69) is 42.1 Å². The van der Waals surface area contributed by atoms with Gasteiger partial charge in [0.2, 0.25) is 21.9 Å². The van der Waals surface area contributed by atoms with Crippen LogP contribution in [0.5, 0.6) is 0 Å². The highest BCUT2D eigenvalue weighted by molar-refractivity contribution is 7.89. The molecule has 18 heteroatoms. The number of nitrogens with zero attached hydrogens (tertiary/aromatic N) is 5. The van der Waals surface area contributed by atoms with Gasteiger partial charge in [-0.1, -0.05) is 17.9 Å². The number of piperidine rings is 2. The fraction of sp³-hybridized carbons (Fsp3) is 0.512. The summed E-state index contributed by atoms with van der Waals surface area (Å²) < 4.78 is 77.4. The Kier molecular flexibility index (Phi) is 12.2. The van der Waals surface area contributed by atoms with Gasteiger partial charge in [0.25, 0.3) is 0 Å². The predicted octanol–water partition coefficient (Wildman–Crippen LogP) is 5.00. The van der Waals surface area contributed by atoms with E-state index in [0.29, 0.717) is 50.0 Å². The van der Waals surface area contributed by atoms with Crippen LogP contribution >= 0.6 is 0 Å². The van der Waals surface area contributed by atoms with Gasteiger partial charge in [0, 0.05) is 74.4 Å². The lowest BCUT2D eigenvalue weighted by atomic mass is 9.85. The highest BCUT2D eigenvalue weighted by atomic mass is 32.2. The van der Waals surface area contributed by atoms with E-state index >= 15 is 0 Å². The molecule has 1 aliphatic carbocycles. The Morgan fingerprint density at radius 2 is 1.85 bits per heavy atom. The van der Waals surface area contributed by atoms with Crippen LogP contribution in [0.2, 0.25) is 0 Å². The van der Waals surface area contributed by atoms with E-state index in [1.165, 1.54) is 17.0 Å². The molecule has 4 heterocycles. The lowest BCUT2D eigenvalue weighted by Gasteiger charge is -2.45. The molecular formula is C41H49F3N8O6S. The summed E-state index contributed by atoms with van der Waals surface area (Å²) >= 11 is 0. The fourth-order valence-corrected chi connectivity index (χ4v) is 9.50. The average molecular weight is 839 g/mol. The molecule has 2 aromatic carbocycles. The molecule has 1 aromatic heterocycles. The number of hydrogen-bond donors (Lipinski definition) is 4. The molecule has 4 aliphatic rings. The standard InChI is InChI=1S/C41H49F3N8O6S/c1-26-21-32(10-11-34(26)46-38-45-24-33(41(42,43)44)37(48-38)51-16-6-15-40(3,55)25-51)59(56,57)49-29-22-30(23-29)50-17-12-31(13-18-50)58-20-5-8-28-7-4-9-35(27(28)2)52-19-14-36(53)47-39(52)54/h4,7,9-11,21,24,29-31,49,55H,6,12-20,22-23,25H2,1-3H3,(H,45,46,48)(H,47,53,54)/t29?,30?,40-/m0/s1. The van der Waals surface area contributed by atoms with Crippen molar-refractivity contribution in [2.24, 2.45) is 0 Å². The molecule has 0 bridgehead atoms. The van der Waals surface area contributed by atoms with Crippen molar-refractivity contribution in [2.75, 3.05) is 54.4 Å². The smallest absolute Gasteiger partial charge is 0.388 e. The Morgan fingerprint density at radius 1 is 1.08 bits per heavy atom. The first kappa shape index (κ1) is 42.3. The number of nitrogens with one attached hydrogen (secondary N) is 3. The fourth-order valence-electron chi connectivity index (χ4n) is 8.15. The first-order chi connectivity index (χ1) is 28.0. The van der Waals surface area contributed by atoms with Crippen LogP contribution < -0.4 is 25.2 Å². The Hall–Kier alpha value is -4.80. The molecule has 1 atom stereocenters. The van der Waals surface area contributed by atoms with E-state index < -0.39 is 33.4 Å². The number of carbonyl (C=O) groups excluding carboxylic acids is 2. The van der Waals surface area contributed by atoms with Crippen molar-refractivity contribution < 1.29 is 41.0 Å². The summed E-state index contributed by atoms with van der Waals surface area (Å²) in [5.74, 6) is 5.57. The number of aryl methyl sites for hydroxylation is 1. The maximum atomic E-state index is 13.9. The minimum atomic E-state index is -4.70. The zero-order valence-electron chi connectivity index (χ0n) is 33.2. The molecule has 3 aromatic rings. The molecule has 3 aliphatic heterocycles. The zero-order chi connectivity index (χ0) is 42.1. The number of amides is 3. The number of benzene rings is 2. The van der Waals surface area contributed by atoms with Crippen LogP contribution in [-0.4, -0.2) is 103 Å². The maximum Gasteiger partial charge on any atom is 0.421 e. The first-order valence-corrected chi connectivity index (χ1v) is 21.3. The Morgan fingerprint density at radius 3 is 2.54 bits per heavy atom. The monoisotopic (exact) mass is 838 g/mol. The second kappa shape index (κ2) is 17.1. The molecule has 3 saturated heterocycles. The normalized spacial score (nSPS) is 23.3. The number of urea groups is 1. The minimum Gasteiger partial charge on any atom is -0.388 e. The van der Waals surface area contributed by atoms with Gasteiger partial charge >= 0.3 is 12.2 Å². The summed E-state index contributed by atoms with van der Waals surface area (Å²) in [4.78, 5) is 37.4. The van der Waals surface area contributed by atoms with Crippen LogP contribution in [-0.2, 0) is 25.7 Å². The number of hydrogen-bond acceptors (Lipinski definition) is 11. The van der Waals surface area contributed by atoms with Gasteiger partial charge in [0.05, 0.1) is 16.6 Å². The summed E-state index contributed by atoms with van der Waals surface area (Å²) in [6.07, 6.45) is 0.353. The average Bonchev–Trinajstić information content (AvgIpc) is 3.16. The molecule has 4 N–H and O–H groups in total. The van der Waals surface area contributed by atoms with Gasteiger partial charge in [-0.25, -0.2) is 22.9 Å². The van der Waals surface area contributed by atoms with Gasteiger partial charge < -0.3 is 25.0 Å². The van der Waals surface area contributed by atoms with E-state index in [4.69, 9.17) is 4.74 Å². The number of carbonyl (C=O) groups is 2. The van der Waals surface area contributed by atoms with Gasteiger partial charge in [-0.05, 0) is 101 Å². The van der Waals surface area contributed by atoms with Crippen molar-refractivity contribution in [1.82, 2.24) is 24.9 Å². The second-order valence-corrected chi connectivity index (χ2v) is 17.8. The number of β-amino-alcohol motifs (C(OH)–C–C–N with tert-alkyl or cyclic N) is 1. The maximum absolute atomic E-state index is 13.9. The number of imide groups is 1. The zero-order valence-corrected chi connectivity index (χ0v) is 34.0. The second-order valence-electron chi connectivity index (χ2n) is 16.0. The lowest BCUT2D eigenvalue weighted by Crippen LogP contribution is -2.55.